The number of rotatable bonds is 32. The molecule has 4 aromatic carbocycles. The molecule has 0 bridgehead atoms. The van der Waals surface area contributed by atoms with Gasteiger partial charge in [-0.1, -0.05) is 155 Å². The Kier molecular flexibility index (Phi) is 27.9. The summed E-state index contributed by atoms with van der Waals surface area (Å²) in [5, 5.41) is 0. The Morgan fingerprint density at radius 2 is 0.333 bits per heavy atom. The van der Waals surface area contributed by atoms with Gasteiger partial charge in [0.25, 0.3) is 0 Å². The van der Waals surface area contributed by atoms with Crippen molar-refractivity contribution in [2.75, 3.05) is 27.2 Å². The second kappa shape index (κ2) is 32.1. The van der Waals surface area contributed by atoms with Gasteiger partial charge in [-0.3, -0.25) is 0 Å². The Morgan fingerprint density at radius 1 is 0.205 bits per heavy atom. The molecule has 0 aliphatic carbocycles. The lowest BCUT2D eigenvalue weighted by molar-refractivity contribution is -0.890. The van der Waals surface area contributed by atoms with E-state index in [9.17, 15) is 52.7 Å². The molecule has 0 saturated heterocycles. The third-order valence-electron chi connectivity index (χ3n) is 14.4. The number of unbranched alkanes of at least 4 members (excludes halogenated alkanes) is 24. The summed E-state index contributed by atoms with van der Waals surface area (Å²) < 4.78 is 295. The minimum Gasteiger partial charge on any atom is -0.328 e. The molecule has 0 saturated carbocycles. The fourth-order valence-electron chi connectivity index (χ4n) is 10.1. The highest BCUT2D eigenvalue weighted by Gasteiger charge is 2.52. The predicted octanol–water partition coefficient (Wildman–Crippen LogP) is 17.1. The van der Waals surface area contributed by atoms with Gasteiger partial charge in [-0.05, 0) is 25.7 Å². The Balaban J connectivity index is 0.000000433. The van der Waals surface area contributed by atoms with Crippen LogP contribution in [0.2, 0.25) is 0 Å². The molecular weight excluding hydrogens is 1080 g/mol. The molecule has 0 atom stereocenters. The molecule has 1 nitrogen and oxygen atoms in total. The van der Waals surface area contributed by atoms with Gasteiger partial charge in [0.1, 0.15) is 52.7 Å². The summed E-state index contributed by atoms with van der Waals surface area (Å²) in [7, 11) is 4.91. The molecule has 0 fully saturated rings. The van der Waals surface area contributed by atoms with Crippen LogP contribution in [-0.2, 0) is 0 Å². The zero-order chi connectivity index (χ0) is 58.7. The Hall–Kier alpha value is -4.50. The first kappa shape index (κ1) is 67.8. The summed E-state index contributed by atoms with van der Waals surface area (Å²) in [6.45, 7) is 7.38. The van der Waals surface area contributed by atoms with Gasteiger partial charge in [0.05, 0.1) is 27.2 Å². The average molecular weight is 1150 g/mol. The third-order valence-corrected chi connectivity index (χ3v) is 14.4. The minimum absolute atomic E-state index is 1.24. The molecule has 0 N–H and O–H groups in total. The van der Waals surface area contributed by atoms with Gasteiger partial charge < -0.3 is 4.48 Å². The highest BCUT2D eigenvalue weighted by Crippen LogP contribution is 2.31. The lowest BCUT2D eigenvalue weighted by Gasteiger charge is -2.44. The monoisotopic (exact) mass is 1150 g/mol. The molecular formula is C56H68BF20N. The molecule has 0 aliphatic heterocycles. The van der Waals surface area contributed by atoms with Gasteiger partial charge in [-0.25, -0.2) is 87.8 Å². The van der Waals surface area contributed by atoms with Crippen LogP contribution in [0, 0.1) is 116 Å². The van der Waals surface area contributed by atoms with E-state index in [2.05, 4.69) is 27.9 Å². The van der Waals surface area contributed by atoms with Crippen LogP contribution in [0.15, 0.2) is 0 Å². The lowest BCUT2D eigenvalue weighted by Crippen LogP contribution is -2.81. The van der Waals surface area contributed by atoms with Crippen molar-refractivity contribution in [3.8, 4) is 0 Å². The first-order valence-electron chi connectivity index (χ1n) is 26.9. The van der Waals surface area contributed by atoms with E-state index in [1.54, 1.807) is 0 Å². The van der Waals surface area contributed by atoms with Crippen LogP contribution in [-0.4, -0.2) is 37.8 Å². The van der Waals surface area contributed by atoms with Crippen LogP contribution in [0.1, 0.15) is 181 Å². The molecule has 4 rings (SSSR count). The van der Waals surface area contributed by atoms with Crippen molar-refractivity contribution in [1.82, 2.24) is 0 Å². The van der Waals surface area contributed by atoms with Crippen molar-refractivity contribution < 1.29 is 92.3 Å². The van der Waals surface area contributed by atoms with E-state index >= 15 is 35.1 Å². The van der Waals surface area contributed by atoms with Gasteiger partial charge >= 0.3 is 0 Å². The molecule has 0 aliphatic rings. The van der Waals surface area contributed by atoms with Crippen molar-refractivity contribution >= 4 is 28.0 Å². The van der Waals surface area contributed by atoms with Crippen molar-refractivity contribution in [3.05, 3.63) is 116 Å². The summed E-state index contributed by atoms with van der Waals surface area (Å²) in [6, 6.07) is 0. The smallest absolute Gasteiger partial charge is 0.200 e. The van der Waals surface area contributed by atoms with Gasteiger partial charge in [-0.15, -0.1) is 21.9 Å². The van der Waals surface area contributed by atoms with Crippen molar-refractivity contribution in [2.45, 2.75) is 181 Å². The van der Waals surface area contributed by atoms with E-state index in [0.29, 0.717) is 0 Å². The van der Waals surface area contributed by atoms with E-state index < -0.39 is 144 Å². The van der Waals surface area contributed by atoms with Gasteiger partial charge in [-0.2, -0.15) is 0 Å². The molecule has 0 unspecified atom stereocenters. The van der Waals surface area contributed by atoms with E-state index in [0.717, 1.165) is 0 Å². The molecule has 440 valence electrons. The number of halogens is 20. The number of nitrogens with zero attached hydrogens (tertiary/aromatic N) is 1. The van der Waals surface area contributed by atoms with Crippen LogP contribution in [0.5, 0.6) is 0 Å². The standard InChI is InChI=1S/C32H68N.C24BF20/c1-5-7-9-11-13-15-16-17-18-19-20-21-22-23-24-26-28-30-32-33(3,4)31-29-27-25-14-12-10-8-6-2;26-5-1(6(27)14(35)21(42)13(5)34)25(2-7(28)15(36)22(43)16(37)8(2)29,3-9(30)17(38)23(44)18(39)10(3)31)4-11(32)19(40)24(45)20(41)12(4)33/h5-32H2,1-4H3;/q+1;-1. The molecule has 0 radical (unpaired) electrons. The maximum atomic E-state index is 15.4. The third kappa shape index (κ3) is 16.3. The summed E-state index contributed by atoms with van der Waals surface area (Å²) in [5.74, 6) is -71.4. The Morgan fingerprint density at radius 3 is 0.487 bits per heavy atom. The second-order valence-electron chi connectivity index (χ2n) is 20.7. The quantitative estimate of drug-likeness (QED) is 0.0114. The van der Waals surface area contributed by atoms with Gasteiger partial charge in [0.15, 0.2) is 69.8 Å². The number of hydrogen-bond acceptors (Lipinski definition) is 0. The first-order valence-corrected chi connectivity index (χ1v) is 26.9. The molecule has 0 aromatic heterocycles. The van der Waals surface area contributed by atoms with Crippen LogP contribution in [0.4, 0.5) is 87.8 Å². The van der Waals surface area contributed by atoms with Crippen molar-refractivity contribution in [2.24, 2.45) is 0 Å². The highest BCUT2D eigenvalue weighted by atomic mass is 19.2. The minimum atomic E-state index is -7.22. The molecule has 78 heavy (non-hydrogen) atoms. The Bertz CT molecular complexity index is 2190. The molecule has 0 heterocycles. The number of benzene rings is 4. The van der Waals surface area contributed by atoms with E-state index in [4.69, 9.17) is 0 Å². The van der Waals surface area contributed by atoms with Crippen LogP contribution < -0.4 is 21.9 Å². The van der Waals surface area contributed by atoms with Crippen molar-refractivity contribution in [1.29, 1.82) is 0 Å². The average Bonchev–Trinajstić information content (AvgIpc) is 3.57. The molecule has 4 aromatic rings. The summed E-state index contributed by atoms with van der Waals surface area (Å²) >= 11 is 0. The van der Waals surface area contributed by atoms with Crippen LogP contribution >= 0.6 is 0 Å². The van der Waals surface area contributed by atoms with Crippen LogP contribution in [0.3, 0.4) is 0 Å². The molecule has 0 amide bonds. The lowest BCUT2D eigenvalue weighted by atomic mass is 9.12. The van der Waals surface area contributed by atoms with Gasteiger partial charge in [0.2, 0.25) is 0 Å². The van der Waals surface area contributed by atoms with Gasteiger partial charge in [0, 0.05) is 0 Å². The number of quaternary nitrogens is 1. The largest absolute Gasteiger partial charge is 0.328 e. The summed E-state index contributed by atoms with van der Waals surface area (Å²) in [6.07, 6.45) is 30.8. The summed E-state index contributed by atoms with van der Waals surface area (Å²) in [5.41, 5.74) is -14.3. The van der Waals surface area contributed by atoms with Crippen molar-refractivity contribution in [3.63, 3.8) is 0 Å². The maximum Gasteiger partial charge on any atom is 0.200 e. The molecule has 0 spiro atoms. The predicted molar refractivity (Wildman–Crippen MR) is 262 cm³/mol. The van der Waals surface area contributed by atoms with E-state index in [1.165, 1.54) is 185 Å². The fourth-order valence-corrected chi connectivity index (χ4v) is 10.1. The maximum absolute atomic E-state index is 15.4. The highest BCUT2D eigenvalue weighted by molar-refractivity contribution is 7.20. The number of hydrogen-bond donors (Lipinski definition) is 0. The second-order valence-corrected chi connectivity index (χ2v) is 20.7. The first-order chi connectivity index (χ1) is 36.8. The van der Waals surface area contributed by atoms with E-state index in [1.807, 2.05) is 0 Å². The van der Waals surface area contributed by atoms with Crippen LogP contribution in [0.25, 0.3) is 0 Å². The SMILES string of the molecule is CCCCCCCCCCCCCCCCCCCC[N+](C)(C)CCCCCCCCCC.Fc1c(F)c(F)c([B-](c2c(F)c(F)c(F)c(F)c2F)(c2c(F)c(F)c(F)c(F)c2F)c2c(F)c(F)c(F)c(F)c2F)c(F)c1F. The zero-order valence-electron chi connectivity index (χ0n) is 44.4. The summed E-state index contributed by atoms with van der Waals surface area (Å²) in [4.78, 5) is 0. The van der Waals surface area contributed by atoms with E-state index in [-0.39, 0.29) is 0 Å². The normalized spacial score (nSPS) is 12.0. The zero-order valence-corrected chi connectivity index (χ0v) is 44.4. The molecule has 22 heteroatoms. The topological polar surface area (TPSA) is 0 Å². The Labute approximate surface area is 443 Å². The fraction of sp³-hybridized carbons (Fsp3) is 0.571.